The number of carbonyl (C=O) groups is 2. The number of benzene rings is 1. The van der Waals surface area contributed by atoms with E-state index in [2.05, 4.69) is 5.32 Å². The molecule has 0 aliphatic rings. The van der Waals surface area contributed by atoms with E-state index in [1.54, 1.807) is 40.9 Å². The average molecular weight is 574 g/mol. The largest absolute Gasteiger partial charge is 0.496 e. The second-order valence-corrected chi connectivity index (χ2v) is 11.6. The minimum absolute atomic E-state index is 0.00172. The monoisotopic (exact) mass is 573 g/mol. The predicted octanol–water partition coefficient (Wildman–Crippen LogP) is 4.14. The van der Waals surface area contributed by atoms with Crippen LogP contribution in [0.2, 0.25) is 0 Å². The molecule has 0 saturated carbocycles. The van der Waals surface area contributed by atoms with Gasteiger partial charge in [-0.05, 0) is 67.0 Å². The molecule has 1 atom stereocenters. The summed E-state index contributed by atoms with van der Waals surface area (Å²) in [7, 11) is 1.56. The highest BCUT2D eigenvalue weighted by Gasteiger charge is 2.36. The topological polar surface area (TPSA) is 118 Å². The number of methoxy groups -OCH3 is 1. The molecule has 3 aromatic rings. The smallest absolute Gasteiger partial charge is 0.348 e. The maximum Gasteiger partial charge on any atom is 0.348 e. The Labute approximate surface area is 237 Å². The number of esters is 1. The van der Waals surface area contributed by atoms with Gasteiger partial charge in [0.05, 0.1) is 31.8 Å². The Bertz CT molecular complexity index is 1510. The standard InChI is InChI=1S/C29H39N3O7S/c1-10-38-26(34)23-18(6)22-24(33)32(29(7,8)27(35)30-16(2)3)28(36)31(25(22)40-23)15-21(39-17(4)5)19-13-11-12-14-20(19)37-9/h11-14,16-17,21H,10,15H2,1-9H3,(H,30,35)/t21-/m0/s1. The molecule has 1 aromatic carbocycles. The summed E-state index contributed by atoms with van der Waals surface area (Å²) in [6, 6.07) is 7.14. The van der Waals surface area contributed by atoms with Crippen LogP contribution >= 0.6 is 11.3 Å². The van der Waals surface area contributed by atoms with Crippen LogP contribution in [0.25, 0.3) is 10.2 Å². The van der Waals surface area contributed by atoms with Crippen molar-refractivity contribution in [3.05, 3.63) is 61.1 Å². The summed E-state index contributed by atoms with van der Waals surface area (Å²) < 4.78 is 19.5. The molecule has 10 nitrogen and oxygen atoms in total. The first-order valence-electron chi connectivity index (χ1n) is 13.3. The first-order chi connectivity index (χ1) is 18.8. The zero-order chi connectivity index (χ0) is 29.9. The number of ether oxygens (including phenoxy) is 3. The molecule has 0 saturated heterocycles. The molecule has 3 rings (SSSR count). The lowest BCUT2D eigenvalue weighted by molar-refractivity contribution is -0.129. The number of aromatic nitrogens is 2. The van der Waals surface area contributed by atoms with Crippen molar-refractivity contribution >= 4 is 33.4 Å². The second-order valence-electron chi connectivity index (χ2n) is 10.6. The number of aryl methyl sites for hydroxylation is 1. The van der Waals surface area contributed by atoms with Crippen molar-refractivity contribution < 1.29 is 23.8 Å². The van der Waals surface area contributed by atoms with E-state index in [1.165, 1.54) is 18.4 Å². The van der Waals surface area contributed by atoms with Crippen molar-refractivity contribution in [1.29, 1.82) is 0 Å². The van der Waals surface area contributed by atoms with Crippen LogP contribution in [0.3, 0.4) is 0 Å². The molecule has 218 valence electrons. The molecular formula is C29H39N3O7S. The van der Waals surface area contributed by atoms with Gasteiger partial charge >= 0.3 is 11.7 Å². The third-order valence-corrected chi connectivity index (χ3v) is 7.77. The second kappa shape index (κ2) is 12.4. The Hall–Kier alpha value is -3.44. The summed E-state index contributed by atoms with van der Waals surface area (Å²) >= 11 is 1.02. The van der Waals surface area contributed by atoms with Gasteiger partial charge in [0.15, 0.2) is 0 Å². The first-order valence-corrected chi connectivity index (χ1v) is 14.1. The van der Waals surface area contributed by atoms with Crippen molar-refractivity contribution in [2.24, 2.45) is 0 Å². The van der Waals surface area contributed by atoms with Gasteiger partial charge in [0.25, 0.3) is 5.56 Å². The number of nitrogens with one attached hydrogen (secondary N) is 1. The van der Waals surface area contributed by atoms with Crippen molar-refractivity contribution in [2.45, 2.75) is 85.7 Å². The Morgan fingerprint density at radius 3 is 2.33 bits per heavy atom. The number of fused-ring (bicyclic) bond motifs is 1. The molecule has 0 fully saturated rings. The lowest BCUT2D eigenvalue weighted by Gasteiger charge is -2.29. The minimum atomic E-state index is -1.54. The third-order valence-electron chi connectivity index (χ3n) is 6.48. The third kappa shape index (κ3) is 6.00. The van der Waals surface area contributed by atoms with Crippen molar-refractivity contribution in [3.8, 4) is 5.75 Å². The summed E-state index contributed by atoms with van der Waals surface area (Å²) in [6.07, 6.45) is -0.857. The lowest BCUT2D eigenvalue weighted by atomic mass is 10.0. The molecule has 0 aliphatic heterocycles. The fourth-order valence-corrected chi connectivity index (χ4v) is 5.77. The number of hydrogen-bond donors (Lipinski definition) is 1. The quantitative estimate of drug-likeness (QED) is 0.343. The normalized spacial score (nSPS) is 12.7. The van der Waals surface area contributed by atoms with Crippen LogP contribution in [0.1, 0.15) is 75.4 Å². The molecule has 0 spiro atoms. The Morgan fingerprint density at radius 2 is 1.75 bits per heavy atom. The molecule has 1 N–H and O–H groups in total. The van der Waals surface area contributed by atoms with E-state index in [0.717, 1.165) is 15.9 Å². The van der Waals surface area contributed by atoms with Gasteiger partial charge < -0.3 is 19.5 Å². The summed E-state index contributed by atoms with van der Waals surface area (Å²) in [4.78, 5) is 54.8. The van der Waals surface area contributed by atoms with E-state index in [0.29, 0.717) is 21.7 Å². The Balaban J connectivity index is 2.40. The van der Waals surface area contributed by atoms with Crippen molar-refractivity contribution in [2.75, 3.05) is 13.7 Å². The number of thiophene rings is 1. The number of rotatable bonds is 11. The van der Waals surface area contributed by atoms with Gasteiger partial charge in [0.2, 0.25) is 5.91 Å². The van der Waals surface area contributed by atoms with E-state index in [-0.39, 0.29) is 35.6 Å². The van der Waals surface area contributed by atoms with E-state index in [4.69, 9.17) is 14.2 Å². The minimum Gasteiger partial charge on any atom is -0.496 e. The number of hydrogen-bond acceptors (Lipinski definition) is 8. The van der Waals surface area contributed by atoms with Crippen LogP contribution in [0.15, 0.2) is 33.9 Å². The number of nitrogens with zero attached hydrogens (tertiary/aromatic N) is 2. The molecule has 11 heteroatoms. The van der Waals surface area contributed by atoms with Crippen LogP contribution < -0.4 is 21.3 Å². The summed E-state index contributed by atoms with van der Waals surface area (Å²) in [5, 5.41) is 2.99. The van der Waals surface area contributed by atoms with Gasteiger partial charge in [-0.15, -0.1) is 11.3 Å². The van der Waals surface area contributed by atoms with Gasteiger partial charge in [-0.1, -0.05) is 18.2 Å². The highest BCUT2D eigenvalue weighted by molar-refractivity contribution is 7.20. The fourth-order valence-electron chi connectivity index (χ4n) is 4.57. The van der Waals surface area contributed by atoms with Gasteiger partial charge in [-0.2, -0.15) is 0 Å². The molecule has 1 amide bonds. The van der Waals surface area contributed by atoms with Gasteiger partial charge in [-0.3, -0.25) is 14.2 Å². The molecule has 2 heterocycles. The van der Waals surface area contributed by atoms with Crippen molar-refractivity contribution in [1.82, 2.24) is 14.5 Å². The highest BCUT2D eigenvalue weighted by Crippen LogP contribution is 2.33. The van der Waals surface area contributed by atoms with Gasteiger partial charge in [0.1, 0.15) is 27.1 Å². The van der Waals surface area contributed by atoms with Crippen LogP contribution in [0.4, 0.5) is 0 Å². The molecule has 2 aromatic heterocycles. The van der Waals surface area contributed by atoms with Gasteiger partial charge in [0, 0.05) is 11.6 Å². The maximum atomic E-state index is 14.2. The first kappa shape index (κ1) is 31.1. The Kier molecular flexibility index (Phi) is 9.63. The predicted molar refractivity (Wildman–Crippen MR) is 156 cm³/mol. The molecule has 0 aliphatic carbocycles. The Morgan fingerprint density at radius 1 is 1.10 bits per heavy atom. The highest BCUT2D eigenvalue weighted by atomic mass is 32.1. The number of amides is 1. The van der Waals surface area contributed by atoms with Crippen LogP contribution in [-0.2, 0) is 26.4 Å². The molecule has 0 bridgehead atoms. The van der Waals surface area contributed by atoms with E-state index < -0.39 is 34.8 Å². The maximum absolute atomic E-state index is 14.2. The fraction of sp³-hybridized carbons (Fsp3) is 0.517. The molecule has 0 radical (unpaired) electrons. The van der Waals surface area contributed by atoms with Crippen LogP contribution in [0.5, 0.6) is 5.75 Å². The van der Waals surface area contributed by atoms with Crippen LogP contribution in [-0.4, -0.2) is 46.9 Å². The molecular weight excluding hydrogens is 534 g/mol. The lowest BCUT2D eigenvalue weighted by Crippen LogP contribution is -2.56. The van der Waals surface area contributed by atoms with E-state index in [9.17, 15) is 19.2 Å². The summed E-state index contributed by atoms with van der Waals surface area (Å²) in [5.74, 6) is -0.481. The molecule has 40 heavy (non-hydrogen) atoms. The zero-order valence-corrected chi connectivity index (χ0v) is 25.4. The summed E-state index contributed by atoms with van der Waals surface area (Å²) in [5.41, 5.74) is -1.77. The number of para-hydroxylation sites is 1. The van der Waals surface area contributed by atoms with Crippen molar-refractivity contribution in [3.63, 3.8) is 0 Å². The summed E-state index contributed by atoms with van der Waals surface area (Å²) in [6.45, 7) is 13.9. The van der Waals surface area contributed by atoms with Gasteiger partial charge in [-0.25, -0.2) is 14.2 Å². The zero-order valence-electron chi connectivity index (χ0n) is 24.6. The number of carbonyl (C=O) groups excluding carboxylic acids is 2. The van der Waals surface area contributed by atoms with Crippen LogP contribution in [0, 0.1) is 6.92 Å². The molecule has 0 unspecified atom stereocenters. The van der Waals surface area contributed by atoms with E-state index >= 15 is 0 Å². The van der Waals surface area contributed by atoms with E-state index in [1.807, 2.05) is 32.0 Å². The SMILES string of the molecule is CCOC(=O)c1sc2c(c1C)c(=O)n(C(C)(C)C(=O)NC(C)C)c(=O)n2C[C@H](OC(C)C)c1ccccc1OC. The average Bonchev–Trinajstić information content (AvgIpc) is 3.22.